The molecule has 2 rings (SSSR count). The molecule has 0 amide bonds. The number of hydrogen-bond acceptors (Lipinski definition) is 6. The Bertz CT molecular complexity index is 684. The second-order valence-electron chi connectivity index (χ2n) is 4.01. The van der Waals surface area contributed by atoms with Crippen molar-refractivity contribution in [2.24, 2.45) is 7.05 Å². The molecule has 0 unspecified atom stereocenters. The van der Waals surface area contributed by atoms with Gasteiger partial charge in [-0.25, -0.2) is 13.1 Å². The van der Waals surface area contributed by atoms with Crippen LogP contribution in [0.4, 0.5) is 11.6 Å². The van der Waals surface area contributed by atoms with Crippen LogP contribution in [0, 0.1) is 0 Å². The number of para-hydroxylation sites is 1. The molecule has 0 aliphatic carbocycles. The first-order valence-corrected chi connectivity index (χ1v) is 8.43. The summed E-state index contributed by atoms with van der Waals surface area (Å²) in [6, 6.07) is 7.36. The summed E-state index contributed by atoms with van der Waals surface area (Å²) in [7, 11) is -1.83. The van der Waals surface area contributed by atoms with Gasteiger partial charge >= 0.3 is 0 Å². The van der Waals surface area contributed by atoms with Crippen molar-refractivity contribution in [1.82, 2.24) is 14.8 Å². The molecule has 0 bridgehead atoms. The Morgan fingerprint density at radius 3 is 2.80 bits per heavy atom. The maximum atomic E-state index is 11.9. The lowest BCUT2D eigenvalue weighted by Gasteiger charge is -2.07. The van der Waals surface area contributed by atoms with Gasteiger partial charge in [-0.15, -0.1) is 11.8 Å². The summed E-state index contributed by atoms with van der Waals surface area (Å²) in [6.07, 6.45) is 1.29. The van der Waals surface area contributed by atoms with Gasteiger partial charge in [0.15, 0.2) is 0 Å². The topological polar surface area (TPSA) is 103 Å². The maximum absolute atomic E-state index is 11.9. The molecule has 1 aromatic carbocycles. The van der Waals surface area contributed by atoms with E-state index >= 15 is 0 Å². The van der Waals surface area contributed by atoms with Gasteiger partial charge in [-0.3, -0.25) is 4.72 Å². The smallest absolute Gasteiger partial charge is 0.235 e. The molecule has 0 spiro atoms. The number of rotatable bonds is 6. The SMILES string of the molecule is Cn1ncnc1NS(=O)(=O)CCSc1ccccc1N. The zero-order valence-corrected chi connectivity index (χ0v) is 12.5. The number of nitrogens with two attached hydrogens (primary N) is 1. The Balaban J connectivity index is 1.90. The van der Waals surface area contributed by atoms with Gasteiger partial charge in [0.25, 0.3) is 0 Å². The molecule has 0 aliphatic heterocycles. The fourth-order valence-electron chi connectivity index (χ4n) is 1.45. The van der Waals surface area contributed by atoms with E-state index in [-0.39, 0.29) is 11.7 Å². The van der Waals surface area contributed by atoms with Crippen molar-refractivity contribution in [2.45, 2.75) is 4.90 Å². The summed E-state index contributed by atoms with van der Waals surface area (Å²) in [4.78, 5) is 4.69. The Labute approximate surface area is 121 Å². The monoisotopic (exact) mass is 313 g/mol. The zero-order valence-electron chi connectivity index (χ0n) is 10.9. The number of nitrogen functional groups attached to an aromatic ring is 1. The van der Waals surface area contributed by atoms with E-state index in [0.717, 1.165) is 4.90 Å². The van der Waals surface area contributed by atoms with Crippen LogP contribution in [0.3, 0.4) is 0 Å². The quantitative estimate of drug-likeness (QED) is 0.607. The predicted molar refractivity (Wildman–Crippen MR) is 80.0 cm³/mol. The molecule has 3 N–H and O–H groups in total. The highest BCUT2D eigenvalue weighted by Gasteiger charge is 2.13. The molecule has 0 aliphatic rings. The van der Waals surface area contributed by atoms with Crippen LogP contribution in [0.2, 0.25) is 0 Å². The van der Waals surface area contributed by atoms with Gasteiger partial charge in [0.1, 0.15) is 6.33 Å². The largest absolute Gasteiger partial charge is 0.398 e. The Morgan fingerprint density at radius 1 is 1.40 bits per heavy atom. The minimum Gasteiger partial charge on any atom is -0.398 e. The maximum Gasteiger partial charge on any atom is 0.235 e. The fourth-order valence-corrected chi connectivity index (χ4v) is 3.86. The number of nitrogens with one attached hydrogen (secondary N) is 1. The van der Waals surface area contributed by atoms with Crippen molar-refractivity contribution in [3.63, 3.8) is 0 Å². The van der Waals surface area contributed by atoms with E-state index in [1.165, 1.54) is 22.8 Å². The van der Waals surface area contributed by atoms with Crippen molar-refractivity contribution in [1.29, 1.82) is 0 Å². The lowest BCUT2D eigenvalue weighted by molar-refractivity contribution is 0.601. The molecule has 0 radical (unpaired) electrons. The zero-order chi connectivity index (χ0) is 14.6. The number of thioether (sulfide) groups is 1. The molecule has 108 valence electrons. The van der Waals surface area contributed by atoms with Gasteiger partial charge in [-0.2, -0.15) is 10.1 Å². The number of benzene rings is 1. The first-order valence-electron chi connectivity index (χ1n) is 5.80. The van der Waals surface area contributed by atoms with E-state index in [2.05, 4.69) is 14.8 Å². The average molecular weight is 313 g/mol. The van der Waals surface area contributed by atoms with E-state index in [0.29, 0.717) is 11.4 Å². The Morgan fingerprint density at radius 2 is 2.15 bits per heavy atom. The van der Waals surface area contributed by atoms with Gasteiger partial charge in [0.05, 0.1) is 5.75 Å². The van der Waals surface area contributed by atoms with Crippen molar-refractivity contribution in [2.75, 3.05) is 22.0 Å². The predicted octanol–water partition coefficient (Wildman–Crippen LogP) is 0.931. The first kappa shape index (κ1) is 14.7. The summed E-state index contributed by atoms with van der Waals surface area (Å²) in [6.45, 7) is 0. The molecule has 7 nitrogen and oxygen atoms in total. The normalized spacial score (nSPS) is 11.4. The summed E-state index contributed by atoms with van der Waals surface area (Å²) < 4.78 is 27.5. The van der Waals surface area contributed by atoms with E-state index in [4.69, 9.17) is 5.73 Å². The van der Waals surface area contributed by atoms with Crippen molar-refractivity contribution >= 4 is 33.4 Å². The molecule has 0 saturated carbocycles. The van der Waals surface area contributed by atoms with Gasteiger partial charge in [0, 0.05) is 23.4 Å². The van der Waals surface area contributed by atoms with Crippen LogP contribution in [0.5, 0.6) is 0 Å². The first-order chi connectivity index (χ1) is 9.48. The van der Waals surface area contributed by atoms with Crippen LogP contribution in [-0.2, 0) is 17.1 Å². The van der Waals surface area contributed by atoms with Crippen LogP contribution in [-0.4, -0.2) is 34.7 Å². The van der Waals surface area contributed by atoms with E-state index in [1.807, 2.05) is 18.2 Å². The third-order valence-electron chi connectivity index (χ3n) is 2.49. The molecule has 0 saturated heterocycles. The Hall–Kier alpha value is -1.74. The minimum atomic E-state index is -3.45. The van der Waals surface area contributed by atoms with Crippen LogP contribution in [0.1, 0.15) is 0 Å². The summed E-state index contributed by atoms with van der Waals surface area (Å²) in [5.41, 5.74) is 6.44. The van der Waals surface area contributed by atoms with Crippen molar-refractivity contribution in [3.8, 4) is 0 Å². The highest BCUT2D eigenvalue weighted by Crippen LogP contribution is 2.24. The third-order valence-corrected chi connectivity index (χ3v) is 5.07. The number of nitrogens with zero attached hydrogens (tertiary/aromatic N) is 3. The van der Waals surface area contributed by atoms with E-state index in [9.17, 15) is 8.42 Å². The van der Waals surface area contributed by atoms with Gasteiger partial charge in [-0.05, 0) is 12.1 Å². The standard InChI is InChI=1S/C11H15N5O2S2/c1-16-11(13-8-14-16)15-20(17,18)7-6-19-10-5-3-2-4-9(10)12/h2-5,8H,6-7,12H2,1H3,(H,13,14,15). The van der Waals surface area contributed by atoms with Gasteiger partial charge < -0.3 is 5.73 Å². The fraction of sp³-hybridized carbons (Fsp3) is 0.273. The molecular weight excluding hydrogens is 298 g/mol. The number of aromatic nitrogens is 3. The Kier molecular flexibility index (Phi) is 4.50. The summed E-state index contributed by atoms with van der Waals surface area (Å²) >= 11 is 1.40. The molecule has 0 fully saturated rings. The van der Waals surface area contributed by atoms with Gasteiger partial charge in [0.2, 0.25) is 16.0 Å². The van der Waals surface area contributed by atoms with Gasteiger partial charge in [-0.1, -0.05) is 12.1 Å². The van der Waals surface area contributed by atoms with Crippen LogP contribution in [0.15, 0.2) is 35.5 Å². The van der Waals surface area contributed by atoms with Crippen LogP contribution in [0.25, 0.3) is 0 Å². The highest BCUT2D eigenvalue weighted by atomic mass is 32.2. The van der Waals surface area contributed by atoms with Crippen molar-refractivity contribution in [3.05, 3.63) is 30.6 Å². The summed E-state index contributed by atoms with van der Waals surface area (Å²) in [5.74, 6) is 0.578. The number of hydrogen-bond donors (Lipinski definition) is 2. The van der Waals surface area contributed by atoms with Crippen LogP contribution >= 0.6 is 11.8 Å². The molecule has 1 heterocycles. The highest BCUT2D eigenvalue weighted by molar-refractivity contribution is 8.01. The number of anilines is 2. The molecule has 2 aromatic rings. The van der Waals surface area contributed by atoms with Crippen molar-refractivity contribution < 1.29 is 8.42 Å². The van der Waals surface area contributed by atoms with E-state index in [1.54, 1.807) is 13.1 Å². The summed E-state index contributed by atoms with van der Waals surface area (Å²) in [5, 5.41) is 3.80. The molecule has 9 heteroatoms. The second-order valence-corrected chi connectivity index (χ2v) is 6.99. The number of sulfonamides is 1. The molecule has 20 heavy (non-hydrogen) atoms. The molecular formula is C11H15N5O2S2. The average Bonchev–Trinajstić information content (AvgIpc) is 2.77. The second kappa shape index (κ2) is 6.14. The van der Waals surface area contributed by atoms with E-state index < -0.39 is 10.0 Å². The molecule has 0 atom stereocenters. The minimum absolute atomic E-state index is 0.0289. The number of aryl methyl sites for hydroxylation is 1. The lowest BCUT2D eigenvalue weighted by atomic mass is 10.3. The molecule has 1 aromatic heterocycles. The van der Waals surface area contributed by atoms with Crippen LogP contribution < -0.4 is 10.5 Å². The lowest BCUT2D eigenvalue weighted by Crippen LogP contribution is -2.20. The third kappa shape index (κ3) is 3.87.